The number of carbonyl (C=O) groups excluding carboxylic acids is 3. The molecule has 0 amide bonds. The molecule has 0 spiro atoms. The summed E-state index contributed by atoms with van der Waals surface area (Å²) in [5, 5.41) is 0.759. The Kier molecular flexibility index (Phi) is 4.51. The smallest absolute Gasteiger partial charge is 0.375 e. The summed E-state index contributed by atoms with van der Waals surface area (Å²) in [7, 11) is 0. The Labute approximate surface area is 103 Å². The summed E-state index contributed by atoms with van der Waals surface area (Å²) < 4.78 is 4.52. The van der Waals surface area contributed by atoms with Crippen LogP contribution in [0.3, 0.4) is 0 Å². The molecule has 0 radical (unpaired) electrons. The first-order chi connectivity index (χ1) is 7.95. The van der Waals surface area contributed by atoms with Crippen molar-refractivity contribution in [3.05, 3.63) is 15.6 Å². The number of carbonyl (C=O) groups is 3. The fourth-order valence-electron chi connectivity index (χ4n) is 1.30. The zero-order chi connectivity index (χ0) is 13.0. The van der Waals surface area contributed by atoms with Crippen LogP contribution in [0.4, 0.5) is 0 Å². The molecule has 0 N–H and O–H groups in total. The zero-order valence-corrected chi connectivity index (χ0v) is 10.7. The molecule has 92 valence electrons. The van der Waals surface area contributed by atoms with Crippen molar-refractivity contribution in [2.24, 2.45) is 0 Å². The number of ketones is 2. The minimum Gasteiger partial charge on any atom is -0.460 e. The Morgan fingerprint density at radius 2 is 1.94 bits per heavy atom. The third-order valence-electron chi connectivity index (χ3n) is 1.98. The highest BCUT2D eigenvalue weighted by Gasteiger charge is 2.22. The largest absolute Gasteiger partial charge is 0.460 e. The van der Waals surface area contributed by atoms with Gasteiger partial charge in [0.1, 0.15) is 0 Å². The summed E-state index contributed by atoms with van der Waals surface area (Å²) in [5.74, 6) is -2.16. The molecule has 5 nitrogen and oxygen atoms in total. The normalized spacial score (nSPS) is 10.1. The number of aromatic nitrogens is 1. The van der Waals surface area contributed by atoms with E-state index in [-0.39, 0.29) is 12.4 Å². The molecule has 0 atom stereocenters. The summed E-state index contributed by atoms with van der Waals surface area (Å²) in [4.78, 5) is 38.6. The average molecular weight is 255 g/mol. The van der Waals surface area contributed by atoms with Crippen LogP contribution in [0.5, 0.6) is 0 Å². The van der Waals surface area contributed by atoms with Gasteiger partial charge in [0, 0.05) is 0 Å². The number of Topliss-reactive ketones (excluding diaryl/α,β-unsaturated/α-hetero) is 2. The van der Waals surface area contributed by atoms with Gasteiger partial charge in [-0.25, -0.2) is 9.78 Å². The summed E-state index contributed by atoms with van der Waals surface area (Å²) in [6.45, 7) is 5.20. The maximum absolute atomic E-state index is 11.7. The predicted octanol–water partition coefficient (Wildman–Crippen LogP) is 1.46. The standard InChI is InChI=1S/C11H13NO4S/c1-4-16-11(15)9(14)5-8(13)10-6(2)12-7(3)17-10/h4-5H2,1-3H3. The van der Waals surface area contributed by atoms with E-state index in [1.165, 1.54) is 11.3 Å². The van der Waals surface area contributed by atoms with Gasteiger partial charge in [0.15, 0.2) is 5.78 Å². The van der Waals surface area contributed by atoms with Crippen LogP contribution in [0.2, 0.25) is 0 Å². The summed E-state index contributed by atoms with van der Waals surface area (Å²) >= 11 is 1.22. The fourth-order valence-corrected chi connectivity index (χ4v) is 2.16. The lowest BCUT2D eigenvalue weighted by atomic mass is 10.1. The Balaban J connectivity index is 2.70. The molecule has 1 rings (SSSR count). The molecule has 0 aliphatic carbocycles. The molecule has 0 fully saturated rings. The molecule has 0 saturated heterocycles. The van der Waals surface area contributed by atoms with Crippen molar-refractivity contribution in [2.45, 2.75) is 27.2 Å². The third kappa shape index (κ3) is 3.45. The molecule has 0 unspecified atom stereocenters. The number of nitrogens with zero attached hydrogens (tertiary/aromatic N) is 1. The van der Waals surface area contributed by atoms with Gasteiger partial charge in [-0.3, -0.25) is 9.59 Å². The number of ether oxygens (including phenoxy) is 1. The summed E-state index contributed by atoms with van der Waals surface area (Å²) in [6.07, 6.45) is -0.457. The molecule has 0 aliphatic rings. The topological polar surface area (TPSA) is 73.3 Å². The van der Waals surface area contributed by atoms with Crippen molar-refractivity contribution in [3.63, 3.8) is 0 Å². The molecule has 17 heavy (non-hydrogen) atoms. The number of hydrogen-bond acceptors (Lipinski definition) is 6. The average Bonchev–Trinajstić information content (AvgIpc) is 2.58. The maximum atomic E-state index is 11.7. The van der Waals surface area contributed by atoms with Gasteiger partial charge in [-0.1, -0.05) is 0 Å². The molecule has 6 heteroatoms. The van der Waals surface area contributed by atoms with E-state index in [9.17, 15) is 14.4 Å². The van der Waals surface area contributed by atoms with Crippen molar-refractivity contribution in [2.75, 3.05) is 6.61 Å². The first-order valence-corrected chi connectivity index (χ1v) is 5.94. The van der Waals surface area contributed by atoms with Crippen molar-refractivity contribution in [1.29, 1.82) is 0 Å². The second-order valence-corrected chi connectivity index (χ2v) is 4.59. The van der Waals surface area contributed by atoms with Gasteiger partial charge >= 0.3 is 5.97 Å². The van der Waals surface area contributed by atoms with Gasteiger partial charge in [0.25, 0.3) is 0 Å². The van der Waals surface area contributed by atoms with Crippen LogP contribution in [0.15, 0.2) is 0 Å². The molecular formula is C11H13NO4S. The lowest BCUT2D eigenvalue weighted by Crippen LogP contribution is -2.20. The lowest BCUT2D eigenvalue weighted by molar-refractivity contribution is -0.153. The van der Waals surface area contributed by atoms with E-state index in [2.05, 4.69) is 9.72 Å². The Bertz CT molecular complexity index is 464. The second kappa shape index (κ2) is 5.67. The highest BCUT2D eigenvalue weighted by molar-refractivity contribution is 7.13. The van der Waals surface area contributed by atoms with Crippen LogP contribution >= 0.6 is 11.3 Å². The monoisotopic (exact) mass is 255 g/mol. The quantitative estimate of drug-likeness (QED) is 0.345. The molecule has 1 aromatic rings. The third-order valence-corrected chi connectivity index (χ3v) is 3.09. The van der Waals surface area contributed by atoms with E-state index < -0.39 is 18.2 Å². The van der Waals surface area contributed by atoms with Gasteiger partial charge in [-0.05, 0) is 20.8 Å². The van der Waals surface area contributed by atoms with Crippen molar-refractivity contribution in [1.82, 2.24) is 4.98 Å². The van der Waals surface area contributed by atoms with Gasteiger partial charge in [0.05, 0.1) is 28.6 Å². The van der Waals surface area contributed by atoms with Crippen LogP contribution in [0.25, 0.3) is 0 Å². The highest BCUT2D eigenvalue weighted by atomic mass is 32.1. The number of esters is 1. The van der Waals surface area contributed by atoms with Gasteiger partial charge in [-0.15, -0.1) is 11.3 Å². The summed E-state index contributed by atoms with van der Waals surface area (Å²) in [5.41, 5.74) is 0.592. The molecule has 1 heterocycles. The van der Waals surface area contributed by atoms with Crippen molar-refractivity contribution in [3.8, 4) is 0 Å². The van der Waals surface area contributed by atoms with E-state index in [0.29, 0.717) is 10.6 Å². The maximum Gasteiger partial charge on any atom is 0.375 e. The van der Waals surface area contributed by atoms with Crippen molar-refractivity contribution < 1.29 is 19.1 Å². The van der Waals surface area contributed by atoms with Crippen LogP contribution in [-0.4, -0.2) is 29.1 Å². The Morgan fingerprint density at radius 1 is 1.29 bits per heavy atom. The molecule has 0 saturated carbocycles. The van der Waals surface area contributed by atoms with Crippen LogP contribution in [-0.2, 0) is 14.3 Å². The predicted molar refractivity (Wildman–Crippen MR) is 62.2 cm³/mol. The first kappa shape index (κ1) is 13.5. The van der Waals surface area contributed by atoms with E-state index in [1.807, 2.05) is 0 Å². The molecule has 0 bridgehead atoms. The number of rotatable bonds is 5. The molecular weight excluding hydrogens is 242 g/mol. The minimum absolute atomic E-state index is 0.122. The molecule has 0 aromatic carbocycles. The molecule has 1 aromatic heterocycles. The number of aryl methyl sites for hydroxylation is 2. The summed E-state index contributed by atoms with van der Waals surface area (Å²) in [6, 6.07) is 0. The highest BCUT2D eigenvalue weighted by Crippen LogP contribution is 2.19. The van der Waals surface area contributed by atoms with Gasteiger partial charge in [0.2, 0.25) is 5.78 Å². The van der Waals surface area contributed by atoms with Crippen LogP contribution < -0.4 is 0 Å². The number of hydrogen-bond donors (Lipinski definition) is 0. The molecule has 0 aliphatic heterocycles. The second-order valence-electron chi connectivity index (χ2n) is 3.39. The number of thiazole rings is 1. The Morgan fingerprint density at radius 3 is 2.41 bits per heavy atom. The van der Waals surface area contributed by atoms with E-state index >= 15 is 0 Å². The Hall–Kier alpha value is -1.56. The van der Waals surface area contributed by atoms with Crippen LogP contribution in [0, 0.1) is 13.8 Å². The van der Waals surface area contributed by atoms with Crippen LogP contribution in [0.1, 0.15) is 33.7 Å². The van der Waals surface area contributed by atoms with Crippen molar-refractivity contribution >= 4 is 28.9 Å². The zero-order valence-electron chi connectivity index (χ0n) is 9.90. The van der Waals surface area contributed by atoms with Gasteiger partial charge < -0.3 is 4.74 Å². The fraction of sp³-hybridized carbons (Fsp3) is 0.455. The lowest BCUT2D eigenvalue weighted by Gasteiger charge is -1.99. The van der Waals surface area contributed by atoms with Gasteiger partial charge in [-0.2, -0.15) is 0 Å². The SMILES string of the molecule is CCOC(=O)C(=O)CC(=O)c1sc(C)nc1C. The van der Waals surface area contributed by atoms with E-state index in [4.69, 9.17) is 0 Å². The van der Waals surface area contributed by atoms with E-state index in [0.717, 1.165) is 5.01 Å². The van der Waals surface area contributed by atoms with E-state index in [1.54, 1.807) is 20.8 Å². The minimum atomic E-state index is -0.959. The first-order valence-electron chi connectivity index (χ1n) is 5.12.